The summed E-state index contributed by atoms with van der Waals surface area (Å²) in [5.41, 5.74) is 6.45. The summed E-state index contributed by atoms with van der Waals surface area (Å²) < 4.78 is 11.1. The van der Waals surface area contributed by atoms with Crippen LogP contribution in [0.2, 0.25) is 0 Å². The standard InChI is InChI=1S/C31H26N2O3/c1-20-15-24(17-21-11-13-25(35-2)14-12-21)30-27(16-20)29(26-9-5-6-10-28(26)33-30)31(34)36-19-23-8-4-3-7-22(23)18-32/h3-14,17,20H,15-16,19H2,1-2H3. The number of hydrogen-bond acceptors (Lipinski definition) is 5. The number of methoxy groups -OCH3 is 1. The molecule has 178 valence electrons. The van der Waals surface area contributed by atoms with Crippen molar-refractivity contribution in [1.29, 1.82) is 5.26 Å². The van der Waals surface area contributed by atoms with Crippen LogP contribution >= 0.6 is 0 Å². The zero-order valence-electron chi connectivity index (χ0n) is 20.3. The number of fused-ring (bicyclic) bond motifs is 2. The number of esters is 1. The van der Waals surface area contributed by atoms with E-state index >= 15 is 0 Å². The molecule has 0 radical (unpaired) electrons. The van der Waals surface area contributed by atoms with Crippen LogP contribution in [0.5, 0.6) is 5.75 Å². The maximum Gasteiger partial charge on any atom is 0.339 e. The molecule has 4 aromatic rings. The van der Waals surface area contributed by atoms with E-state index in [4.69, 9.17) is 14.5 Å². The Labute approximate surface area is 210 Å². The van der Waals surface area contributed by atoms with Gasteiger partial charge >= 0.3 is 5.97 Å². The molecule has 1 aliphatic rings. The first-order chi connectivity index (χ1) is 17.6. The second-order valence-corrected chi connectivity index (χ2v) is 9.13. The molecule has 3 aromatic carbocycles. The average molecular weight is 475 g/mol. The van der Waals surface area contributed by atoms with Gasteiger partial charge in [-0.15, -0.1) is 0 Å². The number of ether oxygens (including phenoxy) is 2. The van der Waals surface area contributed by atoms with E-state index in [2.05, 4.69) is 19.1 Å². The predicted molar refractivity (Wildman–Crippen MR) is 140 cm³/mol. The fraction of sp³-hybridized carbons (Fsp3) is 0.194. The minimum absolute atomic E-state index is 0.0398. The highest BCUT2D eigenvalue weighted by Crippen LogP contribution is 2.39. The number of carbonyl (C=O) groups excluding carboxylic acids is 1. The van der Waals surface area contributed by atoms with E-state index in [1.807, 2.05) is 60.7 Å². The van der Waals surface area contributed by atoms with E-state index in [1.54, 1.807) is 19.2 Å². The summed E-state index contributed by atoms with van der Waals surface area (Å²) in [6.07, 6.45) is 3.76. The Morgan fingerprint density at radius 3 is 2.58 bits per heavy atom. The first-order valence-corrected chi connectivity index (χ1v) is 12.0. The maximum atomic E-state index is 13.6. The van der Waals surface area contributed by atoms with Gasteiger partial charge in [-0.25, -0.2) is 9.78 Å². The Bertz CT molecular complexity index is 1510. The van der Waals surface area contributed by atoms with Crippen LogP contribution in [0.4, 0.5) is 0 Å². The van der Waals surface area contributed by atoms with Crippen molar-refractivity contribution in [3.8, 4) is 11.8 Å². The van der Waals surface area contributed by atoms with Crippen molar-refractivity contribution in [3.05, 3.63) is 106 Å². The van der Waals surface area contributed by atoms with Crippen LogP contribution in [-0.4, -0.2) is 18.1 Å². The van der Waals surface area contributed by atoms with Gasteiger partial charge in [0.15, 0.2) is 0 Å². The first kappa shape index (κ1) is 23.3. The minimum Gasteiger partial charge on any atom is -0.497 e. The average Bonchev–Trinajstić information content (AvgIpc) is 2.91. The molecule has 0 fully saturated rings. The highest BCUT2D eigenvalue weighted by Gasteiger charge is 2.29. The van der Waals surface area contributed by atoms with Gasteiger partial charge in [0.1, 0.15) is 12.4 Å². The summed E-state index contributed by atoms with van der Waals surface area (Å²) in [4.78, 5) is 18.6. The highest BCUT2D eigenvalue weighted by atomic mass is 16.5. The summed E-state index contributed by atoms with van der Waals surface area (Å²) in [6, 6.07) is 25.0. The van der Waals surface area contributed by atoms with Gasteiger partial charge in [-0.05, 0) is 65.8 Å². The number of benzene rings is 3. The zero-order valence-corrected chi connectivity index (χ0v) is 20.3. The fourth-order valence-corrected chi connectivity index (χ4v) is 4.84. The number of nitriles is 1. The van der Waals surface area contributed by atoms with Gasteiger partial charge in [-0.1, -0.05) is 55.5 Å². The Hall–Kier alpha value is -4.43. The molecule has 5 heteroatoms. The molecule has 0 spiro atoms. The Morgan fingerprint density at radius 2 is 1.81 bits per heavy atom. The van der Waals surface area contributed by atoms with Crippen LogP contribution in [-0.2, 0) is 17.8 Å². The Kier molecular flexibility index (Phi) is 6.51. The molecule has 0 saturated carbocycles. The lowest BCUT2D eigenvalue weighted by Gasteiger charge is -2.26. The molecule has 5 rings (SSSR count). The van der Waals surface area contributed by atoms with Gasteiger partial charge in [0.2, 0.25) is 0 Å². The summed E-state index contributed by atoms with van der Waals surface area (Å²) in [5.74, 6) is 0.757. The van der Waals surface area contributed by atoms with Gasteiger partial charge in [-0.3, -0.25) is 0 Å². The Balaban J connectivity index is 1.59. The van der Waals surface area contributed by atoms with Crippen LogP contribution < -0.4 is 4.74 Å². The van der Waals surface area contributed by atoms with Crippen LogP contribution in [0.25, 0.3) is 22.6 Å². The van der Waals surface area contributed by atoms with E-state index in [1.165, 1.54) is 0 Å². The molecule has 1 unspecified atom stereocenters. The lowest BCUT2D eigenvalue weighted by Crippen LogP contribution is -2.19. The molecule has 1 aliphatic carbocycles. The molecular formula is C31H26N2O3. The van der Waals surface area contributed by atoms with Crippen molar-refractivity contribution in [1.82, 2.24) is 4.98 Å². The third-order valence-corrected chi connectivity index (χ3v) is 6.58. The van der Waals surface area contributed by atoms with Crippen LogP contribution in [0.3, 0.4) is 0 Å². The topological polar surface area (TPSA) is 72.2 Å². The molecule has 0 amide bonds. The molecule has 1 atom stereocenters. The number of allylic oxidation sites excluding steroid dienone is 1. The molecule has 0 bridgehead atoms. The zero-order chi connectivity index (χ0) is 25.1. The van der Waals surface area contributed by atoms with Gasteiger partial charge in [-0.2, -0.15) is 5.26 Å². The lowest BCUT2D eigenvalue weighted by molar-refractivity contribution is 0.0473. The predicted octanol–water partition coefficient (Wildman–Crippen LogP) is 6.59. The van der Waals surface area contributed by atoms with E-state index in [9.17, 15) is 10.1 Å². The third kappa shape index (κ3) is 4.58. The van der Waals surface area contributed by atoms with Crippen molar-refractivity contribution in [3.63, 3.8) is 0 Å². The molecule has 36 heavy (non-hydrogen) atoms. The normalized spacial score (nSPS) is 15.8. The summed E-state index contributed by atoms with van der Waals surface area (Å²) in [5, 5.41) is 10.2. The number of pyridine rings is 1. The monoisotopic (exact) mass is 474 g/mol. The second kappa shape index (κ2) is 10.1. The van der Waals surface area contributed by atoms with Crippen molar-refractivity contribution >= 4 is 28.5 Å². The van der Waals surface area contributed by atoms with Gasteiger partial charge < -0.3 is 9.47 Å². The van der Waals surface area contributed by atoms with Gasteiger partial charge in [0.05, 0.1) is 35.5 Å². The molecule has 0 saturated heterocycles. The summed E-state index contributed by atoms with van der Waals surface area (Å²) in [7, 11) is 1.65. The molecular weight excluding hydrogens is 448 g/mol. The van der Waals surface area contributed by atoms with Crippen LogP contribution in [0.15, 0.2) is 72.8 Å². The number of hydrogen-bond donors (Lipinski definition) is 0. The van der Waals surface area contributed by atoms with Crippen molar-refractivity contribution in [2.75, 3.05) is 7.11 Å². The molecule has 0 N–H and O–H groups in total. The number of para-hydroxylation sites is 1. The molecule has 1 aromatic heterocycles. The number of nitrogens with zero attached hydrogens (tertiary/aromatic N) is 2. The van der Waals surface area contributed by atoms with Gasteiger partial charge in [0, 0.05) is 10.9 Å². The van der Waals surface area contributed by atoms with Crippen molar-refractivity contribution < 1.29 is 14.3 Å². The summed E-state index contributed by atoms with van der Waals surface area (Å²) in [6.45, 7) is 2.23. The van der Waals surface area contributed by atoms with Crippen LogP contribution in [0.1, 0.15) is 51.7 Å². The minimum atomic E-state index is -0.393. The number of rotatable bonds is 5. The molecule has 5 nitrogen and oxygen atoms in total. The molecule has 0 aliphatic heterocycles. The quantitative estimate of drug-likeness (QED) is 0.305. The smallest absolute Gasteiger partial charge is 0.339 e. The van der Waals surface area contributed by atoms with Gasteiger partial charge in [0.25, 0.3) is 0 Å². The SMILES string of the molecule is COc1ccc(C=C2CC(C)Cc3c2nc2ccccc2c3C(=O)OCc2ccccc2C#N)cc1. The second-order valence-electron chi connectivity index (χ2n) is 9.13. The van der Waals surface area contributed by atoms with E-state index in [-0.39, 0.29) is 6.61 Å². The van der Waals surface area contributed by atoms with E-state index in [0.717, 1.165) is 51.9 Å². The van der Waals surface area contributed by atoms with E-state index < -0.39 is 5.97 Å². The van der Waals surface area contributed by atoms with Crippen molar-refractivity contribution in [2.24, 2.45) is 5.92 Å². The number of carbonyl (C=O) groups is 1. The third-order valence-electron chi connectivity index (χ3n) is 6.58. The Morgan fingerprint density at radius 1 is 1.06 bits per heavy atom. The first-order valence-electron chi connectivity index (χ1n) is 12.0. The molecule has 1 heterocycles. The largest absolute Gasteiger partial charge is 0.497 e. The summed E-state index contributed by atoms with van der Waals surface area (Å²) >= 11 is 0. The number of aromatic nitrogens is 1. The van der Waals surface area contributed by atoms with Crippen LogP contribution in [0, 0.1) is 17.2 Å². The highest BCUT2D eigenvalue weighted by molar-refractivity contribution is 6.06. The van der Waals surface area contributed by atoms with Crippen molar-refractivity contribution in [2.45, 2.75) is 26.4 Å². The fourth-order valence-electron chi connectivity index (χ4n) is 4.84. The lowest BCUT2D eigenvalue weighted by atomic mass is 9.80. The maximum absolute atomic E-state index is 13.6. The van der Waals surface area contributed by atoms with E-state index in [0.29, 0.717) is 22.6 Å².